The summed E-state index contributed by atoms with van der Waals surface area (Å²) >= 11 is 0. The van der Waals surface area contributed by atoms with Crippen molar-refractivity contribution in [2.75, 3.05) is 18.1 Å². The van der Waals surface area contributed by atoms with Crippen LogP contribution in [0, 0.1) is 0 Å². The van der Waals surface area contributed by atoms with E-state index >= 15 is 0 Å². The molecule has 0 N–H and O–H groups in total. The Labute approximate surface area is 110 Å². The summed E-state index contributed by atoms with van der Waals surface area (Å²) in [5.41, 5.74) is 1.79. The number of ether oxygens (including phenoxy) is 1. The van der Waals surface area contributed by atoms with Crippen LogP contribution in [0.1, 0.15) is 12.0 Å². The summed E-state index contributed by atoms with van der Waals surface area (Å²) in [7, 11) is 0. The van der Waals surface area contributed by atoms with Crippen molar-refractivity contribution in [1.29, 1.82) is 0 Å². The molecule has 1 aliphatic rings. The molecule has 98 valence electrons. The highest BCUT2D eigenvalue weighted by Crippen LogP contribution is 2.30. The molecule has 3 heterocycles. The average Bonchev–Trinajstić information content (AvgIpc) is 2.97. The van der Waals surface area contributed by atoms with Gasteiger partial charge in [-0.3, -0.25) is 9.78 Å². The van der Waals surface area contributed by atoms with Crippen LogP contribution >= 0.6 is 0 Å². The molecule has 1 aliphatic heterocycles. The van der Waals surface area contributed by atoms with E-state index in [-0.39, 0.29) is 5.91 Å². The fourth-order valence-electron chi connectivity index (χ4n) is 2.15. The lowest BCUT2D eigenvalue weighted by Crippen LogP contribution is -2.38. The van der Waals surface area contributed by atoms with Gasteiger partial charge in [-0.05, 0) is 18.1 Å². The number of carbonyl (C=O) groups is 1. The monoisotopic (exact) mass is 258 g/mol. The molecule has 5 nitrogen and oxygen atoms in total. The van der Waals surface area contributed by atoms with Crippen molar-refractivity contribution in [3.05, 3.63) is 42.6 Å². The lowest BCUT2D eigenvalue weighted by atomic mass is 10.1. The molecule has 0 saturated heterocycles. The number of pyridine rings is 1. The Morgan fingerprint density at radius 1 is 1.42 bits per heavy atom. The zero-order valence-corrected chi connectivity index (χ0v) is 10.4. The molecule has 0 fully saturated rings. The van der Waals surface area contributed by atoms with Gasteiger partial charge in [0.15, 0.2) is 0 Å². The summed E-state index contributed by atoms with van der Waals surface area (Å²) in [6, 6.07) is 3.66. The number of aryl methyl sites for hydroxylation is 1. The minimum Gasteiger partial charge on any atom is -0.489 e. The molecule has 3 rings (SSSR count). The maximum Gasteiger partial charge on any atom is 0.227 e. The van der Waals surface area contributed by atoms with Crippen molar-refractivity contribution < 1.29 is 13.9 Å². The van der Waals surface area contributed by atoms with Gasteiger partial charge in [0.1, 0.15) is 18.0 Å². The maximum atomic E-state index is 12.3. The van der Waals surface area contributed by atoms with Gasteiger partial charge in [-0.15, -0.1) is 0 Å². The molecule has 0 radical (unpaired) electrons. The zero-order chi connectivity index (χ0) is 13.1. The van der Waals surface area contributed by atoms with Crippen LogP contribution in [0.5, 0.6) is 5.75 Å². The summed E-state index contributed by atoms with van der Waals surface area (Å²) < 4.78 is 10.5. The number of amides is 1. The van der Waals surface area contributed by atoms with E-state index in [0.29, 0.717) is 26.0 Å². The first-order valence-corrected chi connectivity index (χ1v) is 6.23. The van der Waals surface area contributed by atoms with Crippen molar-refractivity contribution in [1.82, 2.24) is 4.98 Å². The first kappa shape index (κ1) is 11.8. The van der Waals surface area contributed by atoms with Gasteiger partial charge in [-0.2, -0.15) is 0 Å². The Hall–Kier alpha value is -2.30. The summed E-state index contributed by atoms with van der Waals surface area (Å²) in [5.74, 6) is 0.802. The highest BCUT2D eigenvalue weighted by molar-refractivity contribution is 5.95. The number of nitrogens with zero attached hydrogens (tertiary/aromatic N) is 2. The van der Waals surface area contributed by atoms with E-state index in [9.17, 15) is 4.79 Å². The summed E-state index contributed by atoms with van der Waals surface area (Å²) in [4.78, 5) is 18.1. The highest BCUT2D eigenvalue weighted by atomic mass is 16.5. The molecule has 0 bridgehead atoms. The number of rotatable bonds is 3. The molecule has 0 unspecified atom stereocenters. The second-order valence-electron chi connectivity index (χ2n) is 4.37. The topological polar surface area (TPSA) is 55.6 Å². The minimum atomic E-state index is 0.0822. The normalized spacial score (nSPS) is 13.8. The minimum absolute atomic E-state index is 0.0822. The van der Waals surface area contributed by atoms with E-state index in [0.717, 1.165) is 17.0 Å². The van der Waals surface area contributed by atoms with Crippen LogP contribution in [-0.4, -0.2) is 24.0 Å². The first-order valence-electron chi connectivity index (χ1n) is 6.23. The van der Waals surface area contributed by atoms with Crippen molar-refractivity contribution in [3.8, 4) is 5.75 Å². The Bertz CT molecular complexity index is 566. The molecule has 5 heteroatoms. The number of fused-ring (bicyclic) bond motifs is 1. The maximum absolute atomic E-state index is 12.3. The van der Waals surface area contributed by atoms with E-state index in [4.69, 9.17) is 9.15 Å². The summed E-state index contributed by atoms with van der Waals surface area (Å²) in [6.07, 6.45) is 7.76. The van der Waals surface area contributed by atoms with Crippen molar-refractivity contribution >= 4 is 11.6 Å². The number of carbonyl (C=O) groups excluding carboxylic acids is 1. The Morgan fingerprint density at radius 2 is 2.37 bits per heavy atom. The van der Waals surface area contributed by atoms with Crippen LogP contribution in [0.4, 0.5) is 5.69 Å². The molecule has 19 heavy (non-hydrogen) atoms. The third-order valence-corrected chi connectivity index (χ3v) is 3.13. The van der Waals surface area contributed by atoms with Gasteiger partial charge in [0.2, 0.25) is 5.91 Å². The molecule has 0 aliphatic carbocycles. The fraction of sp³-hybridized carbons (Fsp3) is 0.286. The van der Waals surface area contributed by atoms with Crippen molar-refractivity contribution in [2.24, 2.45) is 0 Å². The third-order valence-electron chi connectivity index (χ3n) is 3.13. The lowest BCUT2D eigenvalue weighted by molar-refractivity contribution is -0.118. The molecule has 1 amide bonds. The van der Waals surface area contributed by atoms with Crippen LogP contribution in [0.3, 0.4) is 0 Å². The number of furan rings is 1. The number of anilines is 1. The summed E-state index contributed by atoms with van der Waals surface area (Å²) in [5, 5.41) is 0. The van der Waals surface area contributed by atoms with Gasteiger partial charge in [0.05, 0.1) is 25.3 Å². The van der Waals surface area contributed by atoms with Gasteiger partial charge in [-0.1, -0.05) is 0 Å². The second-order valence-corrected chi connectivity index (χ2v) is 4.37. The van der Waals surface area contributed by atoms with Crippen LogP contribution in [0.15, 0.2) is 41.5 Å². The molecule has 2 aromatic heterocycles. The smallest absolute Gasteiger partial charge is 0.227 e. The predicted molar refractivity (Wildman–Crippen MR) is 69.1 cm³/mol. The fourth-order valence-corrected chi connectivity index (χ4v) is 2.15. The van der Waals surface area contributed by atoms with E-state index in [1.54, 1.807) is 35.9 Å². The van der Waals surface area contributed by atoms with Gasteiger partial charge in [-0.25, -0.2) is 0 Å². The number of hydrogen-bond donors (Lipinski definition) is 0. The molecule has 0 saturated carbocycles. The van der Waals surface area contributed by atoms with E-state index < -0.39 is 0 Å². The number of aromatic nitrogens is 1. The second kappa shape index (κ2) is 5.14. The van der Waals surface area contributed by atoms with Gasteiger partial charge in [0, 0.05) is 18.7 Å². The highest BCUT2D eigenvalue weighted by Gasteiger charge is 2.23. The Kier molecular flexibility index (Phi) is 3.18. The summed E-state index contributed by atoms with van der Waals surface area (Å²) in [6.45, 7) is 1.09. The molecule has 0 atom stereocenters. The quantitative estimate of drug-likeness (QED) is 0.845. The Balaban J connectivity index is 1.71. The van der Waals surface area contributed by atoms with Crippen LogP contribution in [0.25, 0.3) is 0 Å². The SMILES string of the molecule is O=C(CCc1ccoc1)N1CCOc2ccncc21. The first-order chi connectivity index (χ1) is 9.34. The van der Waals surface area contributed by atoms with Crippen LogP contribution < -0.4 is 9.64 Å². The van der Waals surface area contributed by atoms with E-state index in [1.165, 1.54) is 0 Å². The standard InChI is InChI=1S/C14H14N2O3/c17-14(2-1-11-4-7-18-10-11)16-6-8-19-13-3-5-15-9-12(13)16/h3-5,7,9-10H,1-2,6,8H2. The lowest BCUT2D eigenvalue weighted by Gasteiger charge is -2.29. The molecule has 0 spiro atoms. The Morgan fingerprint density at radius 3 is 3.21 bits per heavy atom. The molecule has 2 aromatic rings. The van der Waals surface area contributed by atoms with Crippen molar-refractivity contribution in [3.63, 3.8) is 0 Å². The van der Waals surface area contributed by atoms with Crippen molar-refractivity contribution in [2.45, 2.75) is 12.8 Å². The van der Waals surface area contributed by atoms with Crippen LogP contribution in [0.2, 0.25) is 0 Å². The van der Waals surface area contributed by atoms with Crippen LogP contribution in [-0.2, 0) is 11.2 Å². The molecule has 0 aromatic carbocycles. The average molecular weight is 258 g/mol. The molecular formula is C14H14N2O3. The third kappa shape index (κ3) is 2.45. The molecular weight excluding hydrogens is 244 g/mol. The largest absolute Gasteiger partial charge is 0.489 e. The van der Waals surface area contributed by atoms with E-state index in [2.05, 4.69) is 4.98 Å². The number of hydrogen-bond acceptors (Lipinski definition) is 4. The predicted octanol–water partition coefficient (Wildman–Crippen LogP) is 2.03. The van der Waals surface area contributed by atoms with Gasteiger partial charge in [0.25, 0.3) is 0 Å². The van der Waals surface area contributed by atoms with E-state index in [1.807, 2.05) is 6.07 Å². The zero-order valence-electron chi connectivity index (χ0n) is 10.4. The van der Waals surface area contributed by atoms with Gasteiger partial charge < -0.3 is 14.1 Å². The van der Waals surface area contributed by atoms with Gasteiger partial charge >= 0.3 is 0 Å².